The number of thioether (sulfide) groups is 1. The summed E-state index contributed by atoms with van der Waals surface area (Å²) in [6, 6.07) is 5.64. The molecule has 2 rings (SSSR count). The topological polar surface area (TPSA) is 81.1 Å². The highest BCUT2D eigenvalue weighted by atomic mass is 32.2. The van der Waals surface area contributed by atoms with Gasteiger partial charge in [-0.05, 0) is 30.7 Å². The van der Waals surface area contributed by atoms with Crippen molar-refractivity contribution in [3.8, 4) is 0 Å². The first-order valence-electron chi connectivity index (χ1n) is 6.70. The van der Waals surface area contributed by atoms with E-state index < -0.39 is 5.91 Å². The van der Waals surface area contributed by atoms with Crippen LogP contribution < -0.4 is 16.8 Å². The van der Waals surface area contributed by atoms with Gasteiger partial charge in [-0.3, -0.25) is 4.79 Å². The van der Waals surface area contributed by atoms with Gasteiger partial charge in [0.1, 0.15) is 0 Å². The normalized spacial score (nSPS) is 22.4. The van der Waals surface area contributed by atoms with Gasteiger partial charge in [-0.25, -0.2) is 0 Å². The summed E-state index contributed by atoms with van der Waals surface area (Å²) in [5, 5.41) is 4.04. The van der Waals surface area contributed by atoms with E-state index in [1.165, 1.54) is 12.8 Å². The molecule has 104 valence electrons. The molecule has 0 spiro atoms. The van der Waals surface area contributed by atoms with Crippen molar-refractivity contribution >= 4 is 29.0 Å². The fourth-order valence-electron chi connectivity index (χ4n) is 2.63. The standard InChI is InChI=1S/C14H21N3OS/c1-2-19-12-8-4-7-11(12)17-13-9(14(16)18)5-3-6-10(13)15/h3,5-6,11-12,17H,2,4,7-8,15H2,1H3,(H2,16,18). The molecular weight excluding hydrogens is 258 g/mol. The van der Waals surface area contributed by atoms with E-state index >= 15 is 0 Å². The van der Waals surface area contributed by atoms with Crippen molar-refractivity contribution < 1.29 is 4.79 Å². The van der Waals surface area contributed by atoms with Crippen molar-refractivity contribution in [3.05, 3.63) is 23.8 Å². The molecule has 0 heterocycles. The van der Waals surface area contributed by atoms with Gasteiger partial charge in [0.05, 0.1) is 16.9 Å². The third-order valence-electron chi connectivity index (χ3n) is 3.53. The summed E-state index contributed by atoms with van der Waals surface area (Å²) in [4.78, 5) is 11.5. The summed E-state index contributed by atoms with van der Waals surface area (Å²) in [5.41, 5.74) is 13.2. The Hall–Kier alpha value is -1.36. The van der Waals surface area contributed by atoms with E-state index in [1.54, 1.807) is 18.2 Å². The lowest BCUT2D eigenvalue weighted by atomic mass is 10.1. The average Bonchev–Trinajstić information content (AvgIpc) is 2.79. The Bertz CT molecular complexity index is 464. The average molecular weight is 279 g/mol. The lowest BCUT2D eigenvalue weighted by Crippen LogP contribution is -2.28. The zero-order valence-electron chi connectivity index (χ0n) is 11.2. The second-order valence-electron chi connectivity index (χ2n) is 4.81. The highest BCUT2D eigenvalue weighted by molar-refractivity contribution is 7.99. The van der Waals surface area contributed by atoms with E-state index in [0.29, 0.717) is 28.2 Å². The van der Waals surface area contributed by atoms with Crippen molar-refractivity contribution in [2.45, 2.75) is 37.5 Å². The fraction of sp³-hybridized carbons (Fsp3) is 0.500. The van der Waals surface area contributed by atoms with Crippen LogP contribution in [0.2, 0.25) is 0 Å². The zero-order chi connectivity index (χ0) is 13.8. The van der Waals surface area contributed by atoms with E-state index in [9.17, 15) is 4.79 Å². The predicted molar refractivity (Wildman–Crippen MR) is 82.6 cm³/mol. The first-order chi connectivity index (χ1) is 9.13. The van der Waals surface area contributed by atoms with E-state index in [2.05, 4.69) is 12.2 Å². The zero-order valence-corrected chi connectivity index (χ0v) is 12.0. The van der Waals surface area contributed by atoms with Gasteiger partial charge in [0.2, 0.25) is 0 Å². The van der Waals surface area contributed by atoms with Crippen LogP contribution in [0.1, 0.15) is 36.5 Å². The SMILES string of the molecule is CCSC1CCCC1Nc1c(N)cccc1C(N)=O. The van der Waals surface area contributed by atoms with Gasteiger partial charge in [0, 0.05) is 11.3 Å². The van der Waals surface area contributed by atoms with Crippen LogP contribution >= 0.6 is 11.8 Å². The highest BCUT2D eigenvalue weighted by Gasteiger charge is 2.28. The number of hydrogen-bond acceptors (Lipinski definition) is 4. The molecule has 2 unspecified atom stereocenters. The maximum absolute atomic E-state index is 11.5. The number of benzene rings is 1. The molecule has 19 heavy (non-hydrogen) atoms. The largest absolute Gasteiger partial charge is 0.397 e. The minimum Gasteiger partial charge on any atom is -0.397 e. The number of carbonyl (C=O) groups is 1. The van der Waals surface area contributed by atoms with Crippen LogP contribution in [0, 0.1) is 0 Å². The Morgan fingerprint density at radius 1 is 1.47 bits per heavy atom. The number of nitrogens with two attached hydrogens (primary N) is 2. The molecule has 0 aliphatic heterocycles. The molecule has 4 nitrogen and oxygen atoms in total. The number of carbonyl (C=O) groups excluding carboxylic acids is 1. The Morgan fingerprint density at radius 2 is 2.26 bits per heavy atom. The second kappa shape index (κ2) is 6.19. The van der Waals surface area contributed by atoms with Crippen LogP contribution in [0.3, 0.4) is 0 Å². The molecule has 2 atom stereocenters. The third kappa shape index (κ3) is 3.15. The summed E-state index contributed by atoms with van der Waals surface area (Å²) in [6.45, 7) is 2.17. The van der Waals surface area contributed by atoms with Crippen molar-refractivity contribution in [3.63, 3.8) is 0 Å². The van der Waals surface area contributed by atoms with Gasteiger partial charge < -0.3 is 16.8 Å². The molecule has 0 aromatic heterocycles. The Balaban J connectivity index is 2.20. The van der Waals surface area contributed by atoms with Gasteiger partial charge in [-0.15, -0.1) is 0 Å². The van der Waals surface area contributed by atoms with Crippen LogP contribution in [0.15, 0.2) is 18.2 Å². The number of nitrogens with one attached hydrogen (secondary N) is 1. The van der Waals surface area contributed by atoms with Gasteiger partial charge in [-0.2, -0.15) is 11.8 Å². The summed E-state index contributed by atoms with van der Waals surface area (Å²) in [6.07, 6.45) is 3.55. The third-order valence-corrected chi connectivity index (χ3v) is 4.85. The van der Waals surface area contributed by atoms with Gasteiger partial charge >= 0.3 is 0 Å². The smallest absolute Gasteiger partial charge is 0.250 e. The monoisotopic (exact) mass is 279 g/mol. The predicted octanol–water partition coefficient (Wildman–Crippen LogP) is 2.45. The summed E-state index contributed by atoms with van der Waals surface area (Å²) < 4.78 is 0. The van der Waals surface area contributed by atoms with Crippen molar-refractivity contribution in [1.29, 1.82) is 0 Å². The maximum Gasteiger partial charge on any atom is 0.250 e. The summed E-state index contributed by atoms with van der Waals surface area (Å²) in [5.74, 6) is 0.669. The van der Waals surface area contributed by atoms with Crippen LogP contribution in [-0.2, 0) is 0 Å². The van der Waals surface area contributed by atoms with E-state index in [-0.39, 0.29) is 0 Å². The van der Waals surface area contributed by atoms with Gasteiger partial charge in [-0.1, -0.05) is 19.4 Å². The number of rotatable bonds is 5. The first kappa shape index (κ1) is 14.1. The number of hydrogen-bond donors (Lipinski definition) is 3. The molecule has 0 radical (unpaired) electrons. The molecule has 1 amide bonds. The molecule has 1 aliphatic rings. The molecule has 0 saturated heterocycles. The van der Waals surface area contributed by atoms with Crippen LogP contribution in [0.4, 0.5) is 11.4 Å². The lowest BCUT2D eigenvalue weighted by molar-refractivity contribution is 0.100. The molecule has 0 bridgehead atoms. The van der Waals surface area contributed by atoms with Crippen molar-refractivity contribution in [2.75, 3.05) is 16.8 Å². The van der Waals surface area contributed by atoms with Crippen LogP contribution in [0.25, 0.3) is 0 Å². The van der Waals surface area contributed by atoms with E-state index in [4.69, 9.17) is 11.5 Å². The summed E-state index contributed by atoms with van der Waals surface area (Å²) in [7, 11) is 0. The number of anilines is 2. The highest BCUT2D eigenvalue weighted by Crippen LogP contribution is 2.34. The molecule has 1 aromatic rings. The summed E-state index contributed by atoms with van der Waals surface area (Å²) >= 11 is 1.97. The van der Waals surface area contributed by atoms with E-state index in [1.807, 2.05) is 11.8 Å². The Labute approximate surface area is 118 Å². The maximum atomic E-state index is 11.5. The van der Waals surface area contributed by atoms with Crippen LogP contribution in [0.5, 0.6) is 0 Å². The molecule has 1 saturated carbocycles. The molecule has 1 fully saturated rings. The quantitative estimate of drug-likeness (QED) is 0.723. The van der Waals surface area contributed by atoms with Gasteiger partial charge in [0.25, 0.3) is 5.91 Å². The lowest BCUT2D eigenvalue weighted by Gasteiger charge is -2.23. The molecule has 1 aliphatic carbocycles. The fourth-order valence-corrected chi connectivity index (χ4v) is 3.82. The number of para-hydroxylation sites is 1. The molecule has 5 heteroatoms. The Morgan fingerprint density at radius 3 is 2.95 bits per heavy atom. The number of amides is 1. The van der Waals surface area contributed by atoms with Crippen molar-refractivity contribution in [1.82, 2.24) is 0 Å². The Kier molecular flexibility index (Phi) is 4.58. The number of primary amides is 1. The van der Waals surface area contributed by atoms with Gasteiger partial charge in [0.15, 0.2) is 0 Å². The van der Waals surface area contributed by atoms with E-state index in [0.717, 1.165) is 12.2 Å². The minimum absolute atomic E-state index is 0.368. The molecular formula is C14H21N3OS. The van der Waals surface area contributed by atoms with Crippen molar-refractivity contribution in [2.24, 2.45) is 5.73 Å². The first-order valence-corrected chi connectivity index (χ1v) is 7.74. The number of nitrogen functional groups attached to an aromatic ring is 1. The minimum atomic E-state index is -0.438. The molecule has 5 N–H and O–H groups in total. The van der Waals surface area contributed by atoms with Crippen LogP contribution in [-0.4, -0.2) is 23.0 Å². The second-order valence-corrected chi connectivity index (χ2v) is 6.33. The molecule has 1 aromatic carbocycles.